The SMILES string of the molecule is CCOc1cc(/C=C2\C(=O)NC(=O)N(c3ccc(C)cc3C)C2=O)cc(Cl)c1OCc1ccccc1. The average Bonchev–Trinajstić information content (AvgIpc) is 2.83. The third kappa shape index (κ3) is 5.26. The number of amides is 4. The van der Waals surface area contributed by atoms with Gasteiger partial charge in [-0.25, -0.2) is 9.69 Å². The summed E-state index contributed by atoms with van der Waals surface area (Å²) in [5, 5.41) is 2.50. The maximum Gasteiger partial charge on any atom is 0.335 e. The molecule has 0 unspecified atom stereocenters. The van der Waals surface area contributed by atoms with E-state index in [1.807, 2.05) is 50.2 Å². The fourth-order valence-electron chi connectivity index (χ4n) is 3.90. The summed E-state index contributed by atoms with van der Waals surface area (Å²) < 4.78 is 11.7. The first kappa shape index (κ1) is 25.0. The van der Waals surface area contributed by atoms with Crippen LogP contribution in [0.25, 0.3) is 6.08 Å². The van der Waals surface area contributed by atoms with Crippen molar-refractivity contribution in [2.45, 2.75) is 27.4 Å². The van der Waals surface area contributed by atoms with Crippen LogP contribution in [0.4, 0.5) is 10.5 Å². The molecule has 3 aromatic carbocycles. The Kier molecular flexibility index (Phi) is 7.41. The van der Waals surface area contributed by atoms with Gasteiger partial charge in [0.25, 0.3) is 11.8 Å². The largest absolute Gasteiger partial charge is 0.490 e. The molecular formula is C28H25ClN2O5. The van der Waals surface area contributed by atoms with E-state index < -0.39 is 17.8 Å². The van der Waals surface area contributed by atoms with Crippen molar-refractivity contribution in [1.29, 1.82) is 0 Å². The summed E-state index contributed by atoms with van der Waals surface area (Å²) in [7, 11) is 0. The van der Waals surface area contributed by atoms with E-state index in [1.165, 1.54) is 6.08 Å². The third-order valence-corrected chi connectivity index (χ3v) is 5.84. The van der Waals surface area contributed by atoms with E-state index in [1.54, 1.807) is 31.2 Å². The van der Waals surface area contributed by atoms with Gasteiger partial charge >= 0.3 is 6.03 Å². The second-order valence-electron chi connectivity index (χ2n) is 8.29. The third-order valence-electron chi connectivity index (χ3n) is 5.56. The Balaban J connectivity index is 1.68. The fraction of sp³-hybridized carbons (Fsp3) is 0.179. The number of carbonyl (C=O) groups is 3. The van der Waals surface area contributed by atoms with Crippen LogP contribution < -0.4 is 19.7 Å². The minimum Gasteiger partial charge on any atom is -0.490 e. The summed E-state index contributed by atoms with van der Waals surface area (Å²) in [6.07, 6.45) is 1.38. The molecule has 4 rings (SSSR count). The number of nitrogens with zero attached hydrogens (tertiary/aromatic N) is 1. The highest BCUT2D eigenvalue weighted by Crippen LogP contribution is 2.38. The van der Waals surface area contributed by atoms with Gasteiger partial charge in [0.15, 0.2) is 11.5 Å². The molecule has 4 amide bonds. The minimum atomic E-state index is -0.799. The van der Waals surface area contributed by atoms with Crippen molar-refractivity contribution < 1.29 is 23.9 Å². The molecule has 1 saturated heterocycles. The van der Waals surface area contributed by atoms with Gasteiger partial charge in [0.1, 0.15) is 12.2 Å². The molecule has 1 aliphatic rings. The van der Waals surface area contributed by atoms with Crippen LogP contribution in [0.3, 0.4) is 0 Å². The van der Waals surface area contributed by atoms with Crippen molar-refractivity contribution in [3.8, 4) is 11.5 Å². The van der Waals surface area contributed by atoms with Crippen LogP contribution in [0.2, 0.25) is 5.02 Å². The van der Waals surface area contributed by atoms with Crippen molar-refractivity contribution in [2.24, 2.45) is 0 Å². The van der Waals surface area contributed by atoms with E-state index in [0.717, 1.165) is 21.6 Å². The van der Waals surface area contributed by atoms with Crippen LogP contribution in [0.1, 0.15) is 29.2 Å². The van der Waals surface area contributed by atoms with E-state index in [4.69, 9.17) is 21.1 Å². The van der Waals surface area contributed by atoms with E-state index in [0.29, 0.717) is 29.4 Å². The van der Waals surface area contributed by atoms with Gasteiger partial charge < -0.3 is 9.47 Å². The first-order valence-electron chi connectivity index (χ1n) is 11.4. The van der Waals surface area contributed by atoms with E-state index in [9.17, 15) is 14.4 Å². The number of nitrogens with one attached hydrogen (secondary N) is 1. The molecule has 1 fully saturated rings. The summed E-state index contributed by atoms with van der Waals surface area (Å²) in [5.74, 6) is -0.784. The number of halogens is 1. The van der Waals surface area contributed by atoms with Gasteiger partial charge in [-0.3, -0.25) is 14.9 Å². The maximum atomic E-state index is 13.3. The Morgan fingerprint density at radius 1 is 0.972 bits per heavy atom. The number of carbonyl (C=O) groups excluding carboxylic acids is 3. The van der Waals surface area contributed by atoms with Crippen molar-refractivity contribution in [1.82, 2.24) is 5.32 Å². The van der Waals surface area contributed by atoms with Gasteiger partial charge in [-0.05, 0) is 61.7 Å². The predicted molar refractivity (Wildman–Crippen MR) is 138 cm³/mol. The molecule has 0 aromatic heterocycles. The molecule has 1 heterocycles. The summed E-state index contributed by atoms with van der Waals surface area (Å²) in [5.41, 5.74) is 3.33. The smallest absolute Gasteiger partial charge is 0.335 e. The number of ether oxygens (including phenoxy) is 2. The van der Waals surface area contributed by atoms with Crippen molar-refractivity contribution in [3.63, 3.8) is 0 Å². The number of hydrogen-bond acceptors (Lipinski definition) is 5. The van der Waals surface area contributed by atoms with Crippen LogP contribution in [0, 0.1) is 13.8 Å². The van der Waals surface area contributed by atoms with Gasteiger partial charge in [-0.2, -0.15) is 0 Å². The number of urea groups is 1. The standard InChI is InChI=1S/C28H25ClN2O5/c1-4-35-24-15-20(14-22(29)25(24)36-16-19-8-6-5-7-9-19)13-21-26(32)30-28(34)31(27(21)33)23-11-10-17(2)12-18(23)3/h5-15H,4,16H2,1-3H3,(H,30,32,34)/b21-13+. The number of barbiturate groups is 1. The Morgan fingerprint density at radius 3 is 2.42 bits per heavy atom. The van der Waals surface area contributed by atoms with Gasteiger partial charge in [0.2, 0.25) is 0 Å². The summed E-state index contributed by atoms with van der Waals surface area (Å²) >= 11 is 6.53. The highest BCUT2D eigenvalue weighted by molar-refractivity contribution is 6.39. The molecule has 184 valence electrons. The summed E-state index contributed by atoms with van der Waals surface area (Å²) in [6.45, 7) is 6.18. The molecule has 0 radical (unpaired) electrons. The van der Waals surface area contributed by atoms with Crippen molar-refractivity contribution in [3.05, 3.63) is 93.5 Å². The minimum absolute atomic E-state index is 0.203. The molecule has 0 bridgehead atoms. The number of imide groups is 2. The highest BCUT2D eigenvalue weighted by Gasteiger charge is 2.37. The van der Waals surface area contributed by atoms with Gasteiger partial charge in [-0.1, -0.05) is 59.6 Å². The molecule has 1 N–H and O–H groups in total. The van der Waals surface area contributed by atoms with Crippen LogP contribution in [0.15, 0.2) is 66.2 Å². The van der Waals surface area contributed by atoms with Crippen LogP contribution in [0.5, 0.6) is 11.5 Å². The van der Waals surface area contributed by atoms with Crippen LogP contribution in [-0.2, 0) is 16.2 Å². The van der Waals surface area contributed by atoms with Crippen LogP contribution >= 0.6 is 11.6 Å². The molecule has 3 aromatic rings. The quantitative estimate of drug-likeness (QED) is 0.334. The lowest BCUT2D eigenvalue weighted by atomic mass is 10.0. The monoisotopic (exact) mass is 504 g/mol. The van der Waals surface area contributed by atoms with Gasteiger partial charge in [0.05, 0.1) is 17.3 Å². The molecule has 8 heteroatoms. The molecule has 0 atom stereocenters. The summed E-state index contributed by atoms with van der Waals surface area (Å²) in [6, 6.07) is 17.4. The number of hydrogen-bond donors (Lipinski definition) is 1. The topological polar surface area (TPSA) is 84.9 Å². The van der Waals surface area contributed by atoms with E-state index >= 15 is 0 Å². The molecule has 1 aliphatic heterocycles. The normalized spacial score (nSPS) is 14.7. The highest BCUT2D eigenvalue weighted by atomic mass is 35.5. The predicted octanol–water partition coefficient (Wildman–Crippen LogP) is 5.60. The first-order valence-corrected chi connectivity index (χ1v) is 11.8. The van der Waals surface area contributed by atoms with Crippen molar-refractivity contribution >= 4 is 41.2 Å². The van der Waals surface area contributed by atoms with Gasteiger partial charge in [-0.15, -0.1) is 0 Å². The zero-order valence-electron chi connectivity index (χ0n) is 20.1. The number of benzene rings is 3. The number of anilines is 1. The van der Waals surface area contributed by atoms with Crippen LogP contribution in [-0.4, -0.2) is 24.5 Å². The molecule has 0 aliphatic carbocycles. The average molecular weight is 505 g/mol. The molecular weight excluding hydrogens is 480 g/mol. The Morgan fingerprint density at radius 2 is 1.72 bits per heavy atom. The van der Waals surface area contributed by atoms with Crippen molar-refractivity contribution in [2.75, 3.05) is 11.5 Å². The summed E-state index contributed by atoms with van der Waals surface area (Å²) in [4.78, 5) is 39.4. The molecule has 0 saturated carbocycles. The molecule has 36 heavy (non-hydrogen) atoms. The lowest BCUT2D eigenvalue weighted by Gasteiger charge is -2.27. The second kappa shape index (κ2) is 10.7. The maximum absolute atomic E-state index is 13.3. The molecule has 0 spiro atoms. The van der Waals surface area contributed by atoms with E-state index in [2.05, 4.69) is 5.32 Å². The Hall–Kier alpha value is -4.10. The number of rotatable bonds is 7. The zero-order chi connectivity index (χ0) is 25.8. The lowest BCUT2D eigenvalue weighted by Crippen LogP contribution is -2.54. The van der Waals surface area contributed by atoms with E-state index in [-0.39, 0.29) is 17.2 Å². The Labute approximate surface area is 214 Å². The Bertz CT molecular complexity index is 1370. The first-order chi connectivity index (χ1) is 17.3. The lowest BCUT2D eigenvalue weighted by molar-refractivity contribution is -0.122. The zero-order valence-corrected chi connectivity index (χ0v) is 20.9. The fourth-order valence-corrected chi connectivity index (χ4v) is 4.18. The second-order valence-corrected chi connectivity index (χ2v) is 8.69. The number of aryl methyl sites for hydroxylation is 2. The van der Waals surface area contributed by atoms with Gasteiger partial charge in [0, 0.05) is 0 Å². The molecule has 7 nitrogen and oxygen atoms in total.